The molecule has 29 heavy (non-hydrogen) atoms. The summed E-state index contributed by atoms with van der Waals surface area (Å²) in [6, 6.07) is 12.7. The minimum atomic E-state index is -0.609. The third kappa shape index (κ3) is 4.21. The Morgan fingerprint density at radius 1 is 1.07 bits per heavy atom. The summed E-state index contributed by atoms with van der Waals surface area (Å²) in [4.78, 5) is 41.4. The molecule has 3 aromatic rings. The third-order valence-electron chi connectivity index (χ3n) is 4.82. The van der Waals surface area contributed by atoms with Crippen LogP contribution < -0.4 is 16.0 Å². The van der Waals surface area contributed by atoms with Crippen molar-refractivity contribution >= 4 is 5.78 Å². The Morgan fingerprint density at radius 3 is 2.38 bits per heavy atom. The number of hydrogen-bond donors (Lipinski definition) is 1. The van der Waals surface area contributed by atoms with Gasteiger partial charge in [-0.15, -0.1) is 0 Å². The minimum absolute atomic E-state index is 0.0643. The van der Waals surface area contributed by atoms with Gasteiger partial charge in [-0.25, -0.2) is 4.79 Å². The van der Waals surface area contributed by atoms with Gasteiger partial charge in [0.25, 0.3) is 5.56 Å². The van der Waals surface area contributed by atoms with Gasteiger partial charge in [-0.2, -0.15) is 0 Å². The number of nitrogens with zero attached hydrogens (tertiary/aromatic N) is 1. The van der Waals surface area contributed by atoms with Crippen LogP contribution in [0.4, 0.5) is 0 Å². The third-order valence-corrected chi connectivity index (χ3v) is 4.82. The molecule has 2 aromatic carbocycles. The van der Waals surface area contributed by atoms with Crippen LogP contribution in [0.25, 0.3) is 0 Å². The highest BCUT2D eigenvalue weighted by Gasteiger charge is 2.20. The molecule has 0 atom stereocenters. The zero-order chi connectivity index (χ0) is 21.1. The molecule has 0 bridgehead atoms. The second-order valence-electron chi connectivity index (χ2n) is 7.09. The monoisotopic (exact) mass is 392 g/mol. The van der Waals surface area contributed by atoms with E-state index >= 15 is 0 Å². The summed E-state index contributed by atoms with van der Waals surface area (Å²) in [5.41, 5.74) is 2.41. The molecule has 0 fully saturated rings. The van der Waals surface area contributed by atoms with Crippen molar-refractivity contribution in [2.75, 3.05) is 7.11 Å². The van der Waals surface area contributed by atoms with E-state index in [1.165, 1.54) is 0 Å². The molecule has 0 aliphatic carbocycles. The molecule has 0 amide bonds. The summed E-state index contributed by atoms with van der Waals surface area (Å²) in [6.07, 6.45) is 0.333. The number of aromatic amines is 1. The number of benzene rings is 2. The van der Waals surface area contributed by atoms with Crippen LogP contribution >= 0.6 is 0 Å². The molecule has 3 rings (SSSR count). The van der Waals surface area contributed by atoms with Gasteiger partial charge in [-0.1, -0.05) is 36.2 Å². The van der Waals surface area contributed by atoms with Crippen LogP contribution in [-0.4, -0.2) is 22.4 Å². The van der Waals surface area contributed by atoms with E-state index in [9.17, 15) is 14.4 Å². The van der Waals surface area contributed by atoms with Crippen LogP contribution in [0.15, 0.2) is 52.1 Å². The van der Waals surface area contributed by atoms with Crippen LogP contribution in [0.1, 0.15) is 45.2 Å². The molecule has 1 aromatic heterocycles. The van der Waals surface area contributed by atoms with Crippen LogP contribution in [-0.2, 0) is 13.0 Å². The van der Waals surface area contributed by atoms with Gasteiger partial charge < -0.3 is 9.72 Å². The van der Waals surface area contributed by atoms with Crippen LogP contribution in [0.5, 0.6) is 5.75 Å². The number of carbonyl (C=O) groups is 1. The Balaban J connectivity index is 2.08. The van der Waals surface area contributed by atoms with E-state index < -0.39 is 11.2 Å². The smallest absolute Gasteiger partial charge is 0.329 e. The molecule has 0 spiro atoms. The van der Waals surface area contributed by atoms with Crippen molar-refractivity contribution in [2.24, 2.45) is 0 Å². The van der Waals surface area contributed by atoms with E-state index in [0.717, 1.165) is 21.3 Å². The topological polar surface area (TPSA) is 81.2 Å². The van der Waals surface area contributed by atoms with Gasteiger partial charge in [-0.05, 0) is 50.1 Å². The highest BCUT2D eigenvalue weighted by molar-refractivity contribution is 6.08. The van der Waals surface area contributed by atoms with Crippen molar-refractivity contribution in [3.63, 3.8) is 0 Å². The fourth-order valence-electron chi connectivity index (χ4n) is 3.48. The molecule has 6 nitrogen and oxygen atoms in total. The fraction of sp³-hybridized carbons (Fsp3) is 0.261. The molecule has 1 heterocycles. The number of nitrogens with one attached hydrogen (secondary N) is 1. The van der Waals surface area contributed by atoms with E-state index in [1.54, 1.807) is 44.4 Å². The second kappa shape index (κ2) is 8.31. The quantitative estimate of drug-likeness (QED) is 0.654. The van der Waals surface area contributed by atoms with Crippen molar-refractivity contribution in [1.29, 1.82) is 0 Å². The van der Waals surface area contributed by atoms with Gasteiger partial charge in [0, 0.05) is 11.1 Å². The number of aromatic nitrogens is 2. The molecule has 0 saturated heterocycles. The molecule has 150 valence electrons. The lowest BCUT2D eigenvalue weighted by atomic mass is 9.99. The minimum Gasteiger partial charge on any atom is -0.497 e. The number of H-pyrrole nitrogens is 1. The molecule has 6 heteroatoms. The average molecular weight is 392 g/mol. The predicted octanol–water partition coefficient (Wildman–Crippen LogP) is 3.00. The number of ketones is 1. The Hall–Kier alpha value is -3.41. The van der Waals surface area contributed by atoms with Crippen LogP contribution in [0, 0.1) is 13.8 Å². The predicted molar refractivity (Wildman–Crippen MR) is 112 cm³/mol. The van der Waals surface area contributed by atoms with Crippen molar-refractivity contribution in [3.8, 4) is 5.75 Å². The van der Waals surface area contributed by atoms with Crippen molar-refractivity contribution in [1.82, 2.24) is 9.55 Å². The zero-order valence-electron chi connectivity index (χ0n) is 17.0. The van der Waals surface area contributed by atoms with Gasteiger partial charge in [0.05, 0.1) is 19.3 Å². The van der Waals surface area contributed by atoms with Crippen molar-refractivity contribution < 1.29 is 9.53 Å². The summed E-state index contributed by atoms with van der Waals surface area (Å²) in [6.45, 7) is 5.69. The van der Waals surface area contributed by atoms with E-state index in [2.05, 4.69) is 4.98 Å². The van der Waals surface area contributed by atoms with Crippen molar-refractivity contribution in [2.45, 2.75) is 33.7 Å². The van der Waals surface area contributed by atoms with Gasteiger partial charge in [-0.3, -0.25) is 14.2 Å². The molecule has 0 aliphatic rings. The molecular formula is C23H24N2O4. The SMILES string of the molecule is CCc1c(C(=O)c2cc(C)cc(C)c2)[nH]c(=O)n(Cc2cccc(OC)c2)c1=O. The molecule has 0 aliphatic heterocycles. The molecule has 0 unspecified atom stereocenters. The maximum atomic E-state index is 13.1. The van der Waals surface area contributed by atoms with Crippen molar-refractivity contribution in [3.05, 3.63) is 96.8 Å². The van der Waals surface area contributed by atoms with Gasteiger partial charge >= 0.3 is 5.69 Å². The Kier molecular flexibility index (Phi) is 5.82. The van der Waals surface area contributed by atoms with Gasteiger partial charge in [0.15, 0.2) is 0 Å². The standard InChI is InChI=1S/C23H24N2O4/c1-5-19-20(21(26)17-10-14(2)9-15(3)11-17)24-23(28)25(22(19)27)13-16-7-6-8-18(12-16)29-4/h6-12H,5,13H2,1-4H3,(H,24,28). The first-order chi connectivity index (χ1) is 13.8. The Morgan fingerprint density at radius 2 is 1.76 bits per heavy atom. The molecule has 1 N–H and O–H groups in total. The molecule has 0 saturated carbocycles. The fourth-order valence-corrected chi connectivity index (χ4v) is 3.48. The lowest BCUT2D eigenvalue weighted by molar-refractivity contribution is 0.103. The number of aryl methyl sites for hydroxylation is 2. The Bertz CT molecular complexity index is 1170. The largest absolute Gasteiger partial charge is 0.497 e. The summed E-state index contributed by atoms with van der Waals surface area (Å²) >= 11 is 0. The van der Waals surface area contributed by atoms with Crippen LogP contribution in [0.2, 0.25) is 0 Å². The summed E-state index contributed by atoms with van der Waals surface area (Å²) in [5, 5.41) is 0. The van der Waals surface area contributed by atoms with Gasteiger partial charge in [0.2, 0.25) is 5.78 Å². The Labute approximate surface area is 168 Å². The summed E-state index contributed by atoms with van der Waals surface area (Å²) < 4.78 is 6.32. The second-order valence-corrected chi connectivity index (χ2v) is 7.09. The maximum Gasteiger partial charge on any atom is 0.329 e. The van der Waals surface area contributed by atoms with E-state index in [-0.39, 0.29) is 18.0 Å². The molecule has 0 radical (unpaired) electrons. The number of carbonyl (C=O) groups excluding carboxylic acids is 1. The molecular weight excluding hydrogens is 368 g/mol. The van der Waals surface area contributed by atoms with E-state index in [4.69, 9.17) is 4.74 Å². The van der Waals surface area contributed by atoms with E-state index in [1.807, 2.05) is 26.0 Å². The number of ether oxygens (including phenoxy) is 1. The lowest BCUT2D eigenvalue weighted by Gasteiger charge is -2.12. The number of rotatable bonds is 6. The first-order valence-electron chi connectivity index (χ1n) is 9.46. The summed E-state index contributed by atoms with van der Waals surface area (Å²) in [5.74, 6) is 0.292. The highest BCUT2D eigenvalue weighted by Crippen LogP contribution is 2.15. The average Bonchev–Trinajstić information content (AvgIpc) is 2.69. The first-order valence-corrected chi connectivity index (χ1v) is 9.46. The normalized spacial score (nSPS) is 10.8. The van der Waals surface area contributed by atoms with Crippen LogP contribution in [0.3, 0.4) is 0 Å². The lowest BCUT2D eigenvalue weighted by Crippen LogP contribution is -2.39. The van der Waals surface area contributed by atoms with E-state index in [0.29, 0.717) is 23.3 Å². The highest BCUT2D eigenvalue weighted by atomic mass is 16.5. The summed E-state index contributed by atoms with van der Waals surface area (Å²) in [7, 11) is 1.56. The number of hydrogen-bond acceptors (Lipinski definition) is 4. The maximum absolute atomic E-state index is 13.1. The number of methoxy groups -OCH3 is 1. The first kappa shape index (κ1) is 20.3. The van der Waals surface area contributed by atoms with Gasteiger partial charge in [0.1, 0.15) is 5.75 Å². The zero-order valence-corrected chi connectivity index (χ0v) is 17.0.